The molecular weight excluding hydrogens is 262 g/mol. The molecule has 0 atom stereocenters. The summed E-state index contributed by atoms with van der Waals surface area (Å²) in [5, 5.41) is 1.35. The Labute approximate surface area is 126 Å². The van der Waals surface area contributed by atoms with Crippen molar-refractivity contribution in [3.05, 3.63) is 35.5 Å². The number of hydrogen-bond acceptors (Lipinski definition) is 3. The lowest BCUT2D eigenvalue weighted by molar-refractivity contribution is 0.0343. The van der Waals surface area contributed by atoms with Crippen molar-refractivity contribution in [1.29, 1.82) is 0 Å². The molecule has 1 fully saturated rings. The normalized spacial score (nSPS) is 17.0. The van der Waals surface area contributed by atoms with Crippen molar-refractivity contribution >= 4 is 10.9 Å². The molecule has 0 amide bonds. The number of aromatic nitrogens is 1. The zero-order valence-corrected chi connectivity index (χ0v) is 13.0. The molecule has 0 saturated carbocycles. The van der Waals surface area contributed by atoms with Crippen molar-refractivity contribution in [3.8, 4) is 0 Å². The van der Waals surface area contributed by atoms with Gasteiger partial charge in [0.25, 0.3) is 0 Å². The second kappa shape index (κ2) is 6.18. The molecule has 0 aliphatic carbocycles. The second-order valence-electron chi connectivity index (χ2n) is 6.10. The van der Waals surface area contributed by atoms with Gasteiger partial charge < -0.3 is 15.0 Å². The summed E-state index contributed by atoms with van der Waals surface area (Å²) in [6.07, 6.45) is 2.31. The molecule has 1 aliphatic rings. The third-order valence-corrected chi connectivity index (χ3v) is 4.27. The smallest absolute Gasteiger partial charge is 0.0594 e. The summed E-state index contributed by atoms with van der Waals surface area (Å²) in [5.74, 6) is 0. The van der Waals surface area contributed by atoms with Crippen LogP contribution in [0.1, 0.15) is 31.0 Å². The monoisotopic (exact) mass is 287 g/mol. The van der Waals surface area contributed by atoms with Gasteiger partial charge in [0.2, 0.25) is 0 Å². The highest BCUT2D eigenvalue weighted by Gasteiger charge is 2.16. The van der Waals surface area contributed by atoms with Crippen LogP contribution in [0.15, 0.2) is 24.4 Å². The number of nitrogens with zero attached hydrogens (tertiary/aromatic N) is 2. The Hall–Kier alpha value is -1.36. The van der Waals surface area contributed by atoms with Crippen LogP contribution in [0.5, 0.6) is 0 Å². The van der Waals surface area contributed by atoms with Crippen LogP contribution in [0.25, 0.3) is 10.9 Å². The molecule has 1 aromatic heterocycles. The molecule has 114 valence electrons. The minimum atomic E-state index is 0.457. The van der Waals surface area contributed by atoms with Gasteiger partial charge in [0.05, 0.1) is 13.2 Å². The number of nitrogens with two attached hydrogens (primary N) is 1. The summed E-state index contributed by atoms with van der Waals surface area (Å²) < 4.78 is 7.80. The van der Waals surface area contributed by atoms with Crippen molar-refractivity contribution < 1.29 is 4.74 Å². The Morgan fingerprint density at radius 3 is 2.67 bits per heavy atom. The van der Waals surface area contributed by atoms with Gasteiger partial charge in [0.15, 0.2) is 0 Å². The largest absolute Gasteiger partial charge is 0.379 e. The molecule has 21 heavy (non-hydrogen) atoms. The standard InChI is InChI=1S/C17H25N3O/c1-13(2)20-12-15(11-19-5-7-21-8-6-19)16-4-3-14(10-18)9-17(16)20/h3-4,9,12-13H,5-8,10-11,18H2,1-2H3. The van der Waals surface area contributed by atoms with E-state index in [0.717, 1.165) is 32.8 Å². The van der Waals surface area contributed by atoms with E-state index in [2.05, 4.69) is 47.7 Å². The molecular formula is C17H25N3O. The molecule has 3 rings (SSSR count). The molecule has 0 spiro atoms. The predicted molar refractivity (Wildman–Crippen MR) is 86.3 cm³/mol. The third-order valence-electron chi connectivity index (χ3n) is 4.27. The van der Waals surface area contributed by atoms with Crippen LogP contribution in [0.4, 0.5) is 0 Å². The van der Waals surface area contributed by atoms with E-state index in [1.54, 1.807) is 0 Å². The summed E-state index contributed by atoms with van der Waals surface area (Å²) in [4.78, 5) is 2.47. The topological polar surface area (TPSA) is 43.4 Å². The van der Waals surface area contributed by atoms with E-state index in [0.29, 0.717) is 12.6 Å². The van der Waals surface area contributed by atoms with Crippen molar-refractivity contribution in [2.45, 2.75) is 33.0 Å². The molecule has 0 unspecified atom stereocenters. The quantitative estimate of drug-likeness (QED) is 0.939. The summed E-state index contributed by atoms with van der Waals surface area (Å²) in [6.45, 7) is 9.80. The number of rotatable bonds is 4. The van der Waals surface area contributed by atoms with Crippen LogP contribution in [-0.2, 0) is 17.8 Å². The van der Waals surface area contributed by atoms with Crippen molar-refractivity contribution in [2.75, 3.05) is 26.3 Å². The fourth-order valence-corrected chi connectivity index (χ4v) is 3.05. The van der Waals surface area contributed by atoms with Crippen LogP contribution >= 0.6 is 0 Å². The summed E-state index contributed by atoms with van der Waals surface area (Å²) >= 11 is 0. The molecule has 4 nitrogen and oxygen atoms in total. The number of benzene rings is 1. The Morgan fingerprint density at radius 2 is 2.00 bits per heavy atom. The van der Waals surface area contributed by atoms with Gasteiger partial charge in [-0.1, -0.05) is 12.1 Å². The van der Waals surface area contributed by atoms with Crippen LogP contribution in [0.3, 0.4) is 0 Å². The number of hydrogen-bond donors (Lipinski definition) is 1. The first kappa shape index (κ1) is 14.6. The average Bonchev–Trinajstić information content (AvgIpc) is 2.86. The maximum atomic E-state index is 5.79. The van der Waals surface area contributed by atoms with E-state index >= 15 is 0 Å². The highest BCUT2D eigenvalue weighted by Crippen LogP contribution is 2.27. The first-order chi connectivity index (χ1) is 10.2. The zero-order valence-electron chi connectivity index (χ0n) is 13.0. The van der Waals surface area contributed by atoms with E-state index in [9.17, 15) is 0 Å². The fourth-order valence-electron chi connectivity index (χ4n) is 3.05. The van der Waals surface area contributed by atoms with Gasteiger partial charge in [-0.25, -0.2) is 0 Å². The second-order valence-corrected chi connectivity index (χ2v) is 6.10. The number of ether oxygens (including phenoxy) is 1. The van der Waals surface area contributed by atoms with E-state index < -0.39 is 0 Å². The van der Waals surface area contributed by atoms with Gasteiger partial charge >= 0.3 is 0 Å². The molecule has 1 aromatic carbocycles. The first-order valence-electron chi connectivity index (χ1n) is 7.81. The van der Waals surface area contributed by atoms with Gasteiger partial charge in [-0.3, -0.25) is 4.90 Å². The lowest BCUT2D eigenvalue weighted by atomic mass is 10.1. The summed E-state index contributed by atoms with van der Waals surface area (Å²) in [7, 11) is 0. The molecule has 2 aromatic rings. The lowest BCUT2D eigenvalue weighted by Crippen LogP contribution is -2.35. The fraction of sp³-hybridized carbons (Fsp3) is 0.529. The number of fused-ring (bicyclic) bond motifs is 1. The molecule has 1 aliphatic heterocycles. The molecule has 1 saturated heterocycles. The SMILES string of the molecule is CC(C)n1cc(CN2CCOCC2)c2ccc(CN)cc21. The Balaban J connectivity index is 1.97. The lowest BCUT2D eigenvalue weighted by Gasteiger charge is -2.26. The average molecular weight is 287 g/mol. The van der Waals surface area contributed by atoms with Gasteiger partial charge in [-0.2, -0.15) is 0 Å². The molecule has 4 heteroatoms. The van der Waals surface area contributed by atoms with Crippen LogP contribution in [-0.4, -0.2) is 35.8 Å². The molecule has 2 heterocycles. The maximum absolute atomic E-state index is 5.79. The molecule has 0 bridgehead atoms. The summed E-state index contributed by atoms with van der Waals surface area (Å²) in [5.41, 5.74) is 9.70. The third kappa shape index (κ3) is 2.98. The van der Waals surface area contributed by atoms with E-state index in [1.165, 1.54) is 22.0 Å². The van der Waals surface area contributed by atoms with E-state index in [-0.39, 0.29) is 0 Å². The Kier molecular flexibility index (Phi) is 4.29. The molecule has 2 N–H and O–H groups in total. The van der Waals surface area contributed by atoms with E-state index in [1.807, 2.05) is 0 Å². The van der Waals surface area contributed by atoms with Gasteiger partial charge in [0, 0.05) is 49.3 Å². The van der Waals surface area contributed by atoms with Crippen molar-refractivity contribution in [2.24, 2.45) is 5.73 Å². The number of morpholine rings is 1. The van der Waals surface area contributed by atoms with Gasteiger partial charge in [-0.05, 0) is 31.0 Å². The first-order valence-corrected chi connectivity index (χ1v) is 7.81. The minimum absolute atomic E-state index is 0.457. The maximum Gasteiger partial charge on any atom is 0.0594 e. The Morgan fingerprint density at radius 1 is 1.24 bits per heavy atom. The van der Waals surface area contributed by atoms with E-state index in [4.69, 9.17) is 10.5 Å². The highest BCUT2D eigenvalue weighted by molar-refractivity contribution is 5.84. The Bertz CT molecular complexity index is 612. The van der Waals surface area contributed by atoms with Crippen LogP contribution in [0, 0.1) is 0 Å². The van der Waals surface area contributed by atoms with Crippen LogP contribution < -0.4 is 5.73 Å². The highest BCUT2D eigenvalue weighted by atomic mass is 16.5. The van der Waals surface area contributed by atoms with Gasteiger partial charge in [-0.15, -0.1) is 0 Å². The van der Waals surface area contributed by atoms with Crippen molar-refractivity contribution in [1.82, 2.24) is 9.47 Å². The minimum Gasteiger partial charge on any atom is -0.379 e. The zero-order chi connectivity index (χ0) is 14.8. The predicted octanol–water partition coefficient (Wildman–Crippen LogP) is 2.51. The van der Waals surface area contributed by atoms with Crippen LogP contribution in [0.2, 0.25) is 0 Å². The van der Waals surface area contributed by atoms with Crippen molar-refractivity contribution in [3.63, 3.8) is 0 Å². The summed E-state index contributed by atoms with van der Waals surface area (Å²) in [6, 6.07) is 7.07. The molecule has 0 radical (unpaired) electrons. The van der Waals surface area contributed by atoms with Gasteiger partial charge in [0.1, 0.15) is 0 Å².